The van der Waals surface area contributed by atoms with Crippen LogP contribution in [-0.2, 0) is 9.59 Å². The minimum absolute atomic E-state index is 0.101. The van der Waals surface area contributed by atoms with Gasteiger partial charge in [-0.1, -0.05) is 0 Å². The van der Waals surface area contributed by atoms with Crippen molar-refractivity contribution in [1.29, 1.82) is 0 Å². The minimum atomic E-state index is -0.672. The molecule has 0 saturated carbocycles. The number of aromatic nitrogens is 1. The van der Waals surface area contributed by atoms with Gasteiger partial charge in [0.2, 0.25) is 0 Å². The number of likely N-dealkylation sites (tertiary alicyclic amines) is 1. The Morgan fingerprint density at radius 1 is 1.20 bits per heavy atom. The topological polar surface area (TPSA) is 83.0 Å². The van der Waals surface area contributed by atoms with Gasteiger partial charge in [-0.2, -0.15) is 0 Å². The van der Waals surface area contributed by atoms with Crippen molar-refractivity contribution in [3.8, 4) is 5.75 Å². The second kappa shape index (κ2) is 9.09. The van der Waals surface area contributed by atoms with E-state index in [1.165, 1.54) is 0 Å². The Labute approximate surface area is 176 Å². The van der Waals surface area contributed by atoms with E-state index in [1.807, 2.05) is 25.9 Å². The fourth-order valence-electron chi connectivity index (χ4n) is 3.73. The monoisotopic (exact) mass is 409 g/mol. The molecule has 2 heterocycles. The number of hydrogen-bond donors (Lipinski definition) is 1. The highest BCUT2D eigenvalue weighted by Gasteiger charge is 2.45. The zero-order chi connectivity index (χ0) is 21.8. The van der Waals surface area contributed by atoms with Crippen molar-refractivity contribution in [1.82, 2.24) is 14.8 Å². The van der Waals surface area contributed by atoms with Crippen LogP contribution in [0.1, 0.15) is 29.2 Å². The molecular formula is C23H27N3O4. The summed E-state index contributed by atoms with van der Waals surface area (Å²) in [6.07, 6.45) is 3.95. The number of hydrogen-bond acceptors (Lipinski definition) is 6. The molecule has 1 aromatic carbocycles. The number of aryl methyl sites for hydroxylation is 1. The van der Waals surface area contributed by atoms with E-state index in [0.717, 1.165) is 17.7 Å². The molecule has 1 aromatic heterocycles. The van der Waals surface area contributed by atoms with Crippen LogP contribution in [-0.4, -0.2) is 65.9 Å². The summed E-state index contributed by atoms with van der Waals surface area (Å²) < 4.78 is 5.23. The number of carbonyl (C=O) groups excluding carboxylic acids is 2. The van der Waals surface area contributed by atoms with Crippen LogP contribution in [0.4, 0.5) is 0 Å². The predicted molar refractivity (Wildman–Crippen MR) is 114 cm³/mol. The van der Waals surface area contributed by atoms with Crippen LogP contribution >= 0.6 is 0 Å². The lowest BCUT2D eigenvalue weighted by molar-refractivity contribution is -0.139. The van der Waals surface area contributed by atoms with Gasteiger partial charge in [-0.25, -0.2) is 0 Å². The maximum absolute atomic E-state index is 13.0. The number of benzene rings is 1. The molecule has 0 unspecified atom stereocenters. The van der Waals surface area contributed by atoms with Gasteiger partial charge in [0.25, 0.3) is 11.7 Å². The van der Waals surface area contributed by atoms with Gasteiger partial charge in [0, 0.05) is 24.5 Å². The Hall–Kier alpha value is -3.19. The molecule has 1 atom stereocenters. The summed E-state index contributed by atoms with van der Waals surface area (Å²) in [5.41, 5.74) is 2.09. The third-order valence-electron chi connectivity index (χ3n) is 5.25. The van der Waals surface area contributed by atoms with E-state index in [2.05, 4.69) is 4.98 Å². The van der Waals surface area contributed by atoms with Gasteiger partial charge in [0.1, 0.15) is 11.5 Å². The van der Waals surface area contributed by atoms with E-state index >= 15 is 0 Å². The smallest absolute Gasteiger partial charge is 0.295 e. The highest BCUT2D eigenvalue weighted by atomic mass is 16.5. The molecule has 7 heteroatoms. The molecule has 158 valence electrons. The van der Waals surface area contributed by atoms with Crippen molar-refractivity contribution >= 4 is 17.4 Å². The summed E-state index contributed by atoms with van der Waals surface area (Å²) in [4.78, 5) is 33.5. The summed E-state index contributed by atoms with van der Waals surface area (Å²) in [5.74, 6) is -0.790. The SMILES string of the molecule is COc1ccc(/C(O)=C2\C(=O)C(=O)N(CCCN(C)C)[C@@H]2c2ccncc2)c(C)c1. The molecule has 7 nitrogen and oxygen atoms in total. The van der Waals surface area contributed by atoms with E-state index in [1.54, 1.807) is 54.7 Å². The second-order valence-corrected chi connectivity index (χ2v) is 7.61. The molecule has 1 amide bonds. The van der Waals surface area contributed by atoms with E-state index in [-0.39, 0.29) is 11.3 Å². The maximum atomic E-state index is 13.0. The number of carbonyl (C=O) groups is 2. The molecular weight excluding hydrogens is 382 g/mol. The number of pyridine rings is 1. The van der Waals surface area contributed by atoms with Crippen LogP contribution in [0.5, 0.6) is 5.75 Å². The molecule has 1 aliphatic heterocycles. The van der Waals surface area contributed by atoms with E-state index in [4.69, 9.17) is 4.74 Å². The number of amides is 1. The minimum Gasteiger partial charge on any atom is -0.507 e. The van der Waals surface area contributed by atoms with Crippen molar-refractivity contribution in [2.45, 2.75) is 19.4 Å². The van der Waals surface area contributed by atoms with Crippen molar-refractivity contribution in [3.63, 3.8) is 0 Å². The van der Waals surface area contributed by atoms with Gasteiger partial charge in [-0.15, -0.1) is 0 Å². The third kappa shape index (κ3) is 4.21. The number of methoxy groups -OCH3 is 1. The van der Waals surface area contributed by atoms with Crippen LogP contribution in [0.15, 0.2) is 48.3 Å². The lowest BCUT2D eigenvalue weighted by atomic mass is 9.94. The number of nitrogens with zero attached hydrogens (tertiary/aromatic N) is 3. The van der Waals surface area contributed by atoms with E-state index in [9.17, 15) is 14.7 Å². The average molecular weight is 409 g/mol. The molecule has 1 aliphatic rings. The number of aliphatic hydroxyl groups is 1. The normalized spacial score (nSPS) is 18.3. The molecule has 0 radical (unpaired) electrons. The number of aliphatic hydroxyl groups excluding tert-OH is 1. The molecule has 2 aromatic rings. The Bertz CT molecular complexity index is 970. The van der Waals surface area contributed by atoms with Gasteiger partial charge < -0.3 is 19.6 Å². The summed E-state index contributed by atoms with van der Waals surface area (Å²) in [7, 11) is 5.48. The first-order valence-corrected chi connectivity index (χ1v) is 9.83. The molecule has 30 heavy (non-hydrogen) atoms. The molecule has 0 bridgehead atoms. The average Bonchev–Trinajstić information content (AvgIpc) is 2.98. The fraction of sp³-hybridized carbons (Fsp3) is 0.348. The van der Waals surface area contributed by atoms with Gasteiger partial charge in [0.05, 0.1) is 18.7 Å². The van der Waals surface area contributed by atoms with Gasteiger partial charge in [-0.05, 0) is 75.4 Å². The molecule has 3 rings (SSSR count). The first kappa shape index (κ1) is 21.5. The molecule has 0 aliphatic carbocycles. The quantitative estimate of drug-likeness (QED) is 0.430. The summed E-state index contributed by atoms with van der Waals surface area (Å²) >= 11 is 0. The van der Waals surface area contributed by atoms with E-state index in [0.29, 0.717) is 24.3 Å². The van der Waals surface area contributed by atoms with Crippen molar-refractivity contribution in [3.05, 3.63) is 65.0 Å². The van der Waals surface area contributed by atoms with Crippen LogP contribution in [0.25, 0.3) is 5.76 Å². The number of rotatable bonds is 7. The van der Waals surface area contributed by atoms with Crippen LogP contribution in [0.3, 0.4) is 0 Å². The zero-order valence-corrected chi connectivity index (χ0v) is 17.8. The summed E-state index contributed by atoms with van der Waals surface area (Å²) in [5, 5.41) is 11.1. The lowest BCUT2D eigenvalue weighted by Crippen LogP contribution is -2.32. The fourth-order valence-corrected chi connectivity index (χ4v) is 3.73. The molecule has 1 N–H and O–H groups in total. The zero-order valence-electron chi connectivity index (χ0n) is 17.8. The Morgan fingerprint density at radius 2 is 1.90 bits per heavy atom. The summed E-state index contributed by atoms with van der Waals surface area (Å²) in [6.45, 7) is 3.02. The number of Topliss-reactive ketones (excluding diaryl/α,β-unsaturated/α-hetero) is 1. The number of ketones is 1. The second-order valence-electron chi connectivity index (χ2n) is 7.61. The van der Waals surface area contributed by atoms with Crippen molar-refractivity contribution < 1.29 is 19.4 Å². The van der Waals surface area contributed by atoms with Gasteiger partial charge >= 0.3 is 0 Å². The Morgan fingerprint density at radius 3 is 2.50 bits per heavy atom. The highest BCUT2D eigenvalue weighted by molar-refractivity contribution is 6.46. The third-order valence-corrected chi connectivity index (χ3v) is 5.25. The molecule has 1 fully saturated rings. The number of ether oxygens (including phenoxy) is 1. The standard InChI is InChI=1S/C23H27N3O4/c1-15-14-17(30-4)6-7-18(15)21(27)19-20(16-8-10-24-11-9-16)26(23(29)22(19)28)13-5-12-25(2)3/h6-11,14,20,27H,5,12-13H2,1-4H3/b21-19+/t20-/m1/s1. The highest BCUT2D eigenvalue weighted by Crippen LogP contribution is 2.40. The van der Waals surface area contributed by atoms with Crippen molar-refractivity contribution in [2.24, 2.45) is 0 Å². The Kier molecular flexibility index (Phi) is 6.52. The van der Waals surface area contributed by atoms with Gasteiger partial charge in [0.15, 0.2) is 0 Å². The van der Waals surface area contributed by atoms with Crippen molar-refractivity contribution in [2.75, 3.05) is 34.3 Å². The van der Waals surface area contributed by atoms with Crippen LogP contribution < -0.4 is 4.74 Å². The van der Waals surface area contributed by atoms with E-state index < -0.39 is 17.7 Å². The van der Waals surface area contributed by atoms with Crippen LogP contribution in [0.2, 0.25) is 0 Å². The van der Waals surface area contributed by atoms with Crippen LogP contribution in [0, 0.1) is 6.92 Å². The Balaban J connectivity index is 2.09. The van der Waals surface area contributed by atoms with Gasteiger partial charge in [-0.3, -0.25) is 14.6 Å². The summed E-state index contributed by atoms with van der Waals surface area (Å²) in [6, 6.07) is 8.08. The predicted octanol–water partition coefficient (Wildman–Crippen LogP) is 2.77. The molecule has 1 saturated heterocycles. The maximum Gasteiger partial charge on any atom is 0.295 e. The largest absolute Gasteiger partial charge is 0.507 e. The lowest BCUT2D eigenvalue weighted by Gasteiger charge is -2.26. The first-order valence-electron chi connectivity index (χ1n) is 9.83. The first-order chi connectivity index (χ1) is 14.3. The molecule has 0 spiro atoms.